The summed E-state index contributed by atoms with van der Waals surface area (Å²) in [5.41, 5.74) is 2.23. The Balaban J connectivity index is 1.48. The van der Waals surface area contributed by atoms with Gasteiger partial charge in [0.1, 0.15) is 0 Å². The highest BCUT2D eigenvalue weighted by atomic mass is 32.2. The largest absolute Gasteiger partial charge is 0.378 e. The van der Waals surface area contributed by atoms with E-state index in [0.29, 0.717) is 25.4 Å². The number of carbonyl (C=O) groups excluding carboxylic acids is 1. The van der Waals surface area contributed by atoms with Gasteiger partial charge in [0.05, 0.1) is 30.4 Å². The Hall–Kier alpha value is -2.47. The van der Waals surface area contributed by atoms with Crippen LogP contribution in [-0.4, -0.2) is 54.8 Å². The molecular weight excluding hydrogens is 490 g/mol. The van der Waals surface area contributed by atoms with Crippen LogP contribution in [0.1, 0.15) is 48.0 Å². The van der Waals surface area contributed by atoms with E-state index in [-0.39, 0.29) is 27.8 Å². The van der Waals surface area contributed by atoms with Crippen LogP contribution in [-0.2, 0) is 30.2 Å². The minimum atomic E-state index is -3.78. The van der Waals surface area contributed by atoms with Crippen molar-refractivity contribution in [3.63, 3.8) is 0 Å². The number of ether oxygens (including phenoxy) is 1. The number of carbonyl (C=O) groups is 1. The van der Waals surface area contributed by atoms with Crippen LogP contribution in [0, 0.1) is 0 Å². The normalized spacial score (nSPS) is 19.9. The number of nitrogens with one attached hydrogen (secondary N) is 2. The van der Waals surface area contributed by atoms with Crippen LogP contribution in [0.3, 0.4) is 0 Å². The van der Waals surface area contributed by atoms with Crippen LogP contribution in [0.2, 0.25) is 0 Å². The van der Waals surface area contributed by atoms with E-state index in [2.05, 4.69) is 9.44 Å². The lowest BCUT2D eigenvalue weighted by Crippen LogP contribution is -2.48. The Labute approximate surface area is 206 Å². The van der Waals surface area contributed by atoms with Crippen molar-refractivity contribution in [2.24, 2.45) is 0 Å². The Kier molecular flexibility index (Phi) is 6.15. The van der Waals surface area contributed by atoms with Gasteiger partial charge in [-0.3, -0.25) is 9.52 Å². The minimum absolute atomic E-state index is 0.0368. The number of fused-ring (bicyclic) bond motifs is 2. The zero-order valence-electron chi connectivity index (χ0n) is 19.5. The molecule has 1 saturated carbocycles. The molecule has 0 atom stereocenters. The highest BCUT2D eigenvalue weighted by Crippen LogP contribution is 2.50. The fourth-order valence-corrected chi connectivity index (χ4v) is 7.13. The number of nitrogens with zero attached hydrogens (tertiary/aromatic N) is 1. The van der Waals surface area contributed by atoms with Crippen LogP contribution in [0.4, 0.5) is 11.4 Å². The van der Waals surface area contributed by atoms with Crippen LogP contribution in [0.25, 0.3) is 0 Å². The van der Waals surface area contributed by atoms with Crippen molar-refractivity contribution < 1.29 is 26.4 Å². The van der Waals surface area contributed by atoms with Crippen molar-refractivity contribution in [2.45, 2.75) is 48.5 Å². The molecule has 11 heteroatoms. The summed E-state index contributed by atoms with van der Waals surface area (Å²) in [5.74, 6) is -0.276. The first-order chi connectivity index (χ1) is 16.6. The smallest absolute Gasteiger partial charge is 0.258 e. The van der Waals surface area contributed by atoms with E-state index in [9.17, 15) is 21.6 Å². The third-order valence-corrected chi connectivity index (χ3v) is 9.15. The van der Waals surface area contributed by atoms with Gasteiger partial charge in [-0.25, -0.2) is 21.6 Å². The van der Waals surface area contributed by atoms with Crippen molar-refractivity contribution in [3.8, 4) is 0 Å². The molecule has 2 aromatic carbocycles. The van der Waals surface area contributed by atoms with Gasteiger partial charge in [-0.2, -0.15) is 0 Å². The van der Waals surface area contributed by atoms with Gasteiger partial charge in [0.15, 0.2) is 0 Å². The van der Waals surface area contributed by atoms with Crippen molar-refractivity contribution in [2.75, 3.05) is 35.6 Å². The fourth-order valence-electron chi connectivity index (χ4n) is 5.33. The molecule has 2 aliphatic heterocycles. The molecule has 0 bridgehead atoms. The van der Waals surface area contributed by atoms with E-state index < -0.39 is 20.0 Å². The topological polar surface area (TPSA) is 122 Å². The lowest BCUT2D eigenvalue weighted by Gasteiger charge is -2.34. The van der Waals surface area contributed by atoms with Gasteiger partial charge in [0.25, 0.3) is 5.91 Å². The number of hydrogen-bond donors (Lipinski definition) is 2. The van der Waals surface area contributed by atoms with Gasteiger partial charge in [-0.15, -0.1) is 0 Å². The number of anilines is 2. The van der Waals surface area contributed by atoms with Gasteiger partial charge < -0.3 is 9.64 Å². The molecule has 2 aromatic rings. The predicted octanol–water partition coefficient (Wildman–Crippen LogP) is 2.60. The summed E-state index contributed by atoms with van der Waals surface area (Å²) in [4.78, 5) is 15.4. The summed E-state index contributed by atoms with van der Waals surface area (Å²) in [6, 6.07) is 11.1. The van der Waals surface area contributed by atoms with Crippen molar-refractivity contribution in [1.82, 2.24) is 4.72 Å². The number of sulfonamides is 2. The first-order valence-corrected chi connectivity index (χ1v) is 15.1. The van der Waals surface area contributed by atoms with E-state index in [1.807, 2.05) is 6.07 Å². The lowest BCUT2D eigenvalue weighted by atomic mass is 9.70. The quantitative estimate of drug-likeness (QED) is 0.605. The Morgan fingerprint density at radius 2 is 1.77 bits per heavy atom. The molecule has 1 spiro atoms. The summed E-state index contributed by atoms with van der Waals surface area (Å²) < 4.78 is 59.3. The van der Waals surface area contributed by atoms with Crippen LogP contribution in [0.15, 0.2) is 47.4 Å². The van der Waals surface area contributed by atoms with E-state index in [1.54, 1.807) is 29.2 Å². The number of benzene rings is 2. The van der Waals surface area contributed by atoms with E-state index >= 15 is 0 Å². The number of amides is 1. The average Bonchev–Trinajstić information content (AvgIpc) is 3.08. The van der Waals surface area contributed by atoms with Gasteiger partial charge in [0.2, 0.25) is 20.0 Å². The summed E-state index contributed by atoms with van der Waals surface area (Å²) in [6.45, 7) is 1.15. The zero-order valence-corrected chi connectivity index (χ0v) is 21.1. The molecule has 2 heterocycles. The monoisotopic (exact) mass is 519 g/mol. The van der Waals surface area contributed by atoms with Crippen LogP contribution < -0.4 is 14.3 Å². The van der Waals surface area contributed by atoms with Crippen molar-refractivity contribution >= 4 is 37.3 Å². The molecule has 0 radical (unpaired) electrons. The highest BCUT2D eigenvalue weighted by Gasteiger charge is 2.45. The molecule has 2 fully saturated rings. The van der Waals surface area contributed by atoms with Gasteiger partial charge in [-0.05, 0) is 54.8 Å². The molecule has 1 amide bonds. The third-order valence-electron chi connectivity index (χ3n) is 7.03. The van der Waals surface area contributed by atoms with E-state index in [1.165, 1.54) is 12.1 Å². The maximum atomic E-state index is 13.7. The molecule has 188 valence electrons. The van der Waals surface area contributed by atoms with E-state index in [0.717, 1.165) is 49.6 Å². The maximum Gasteiger partial charge on any atom is 0.258 e. The third kappa shape index (κ3) is 4.82. The lowest BCUT2D eigenvalue weighted by molar-refractivity contribution is 0.00482. The molecule has 9 nitrogen and oxygen atoms in total. The molecule has 2 N–H and O–H groups in total. The van der Waals surface area contributed by atoms with Gasteiger partial charge in [0, 0.05) is 28.9 Å². The van der Waals surface area contributed by atoms with Gasteiger partial charge in [-0.1, -0.05) is 25.3 Å². The SMILES string of the molecule is CS(=O)(=O)Nc1ccc2c(c1)C1(CCCCC1)CN2C(=O)c1cccc(S(=O)(=O)NC2COC2)c1. The second-order valence-corrected chi connectivity index (χ2v) is 13.2. The summed E-state index contributed by atoms with van der Waals surface area (Å²) in [7, 11) is -7.21. The van der Waals surface area contributed by atoms with Crippen LogP contribution in [0.5, 0.6) is 0 Å². The highest BCUT2D eigenvalue weighted by molar-refractivity contribution is 7.92. The Bertz CT molecular complexity index is 1360. The summed E-state index contributed by atoms with van der Waals surface area (Å²) >= 11 is 0. The predicted molar refractivity (Wildman–Crippen MR) is 133 cm³/mol. The first-order valence-electron chi connectivity index (χ1n) is 11.7. The van der Waals surface area contributed by atoms with Crippen molar-refractivity contribution in [1.29, 1.82) is 0 Å². The molecule has 0 unspecified atom stereocenters. The maximum absolute atomic E-state index is 13.7. The Morgan fingerprint density at radius 1 is 1.03 bits per heavy atom. The molecule has 1 saturated heterocycles. The number of hydrogen-bond acceptors (Lipinski definition) is 6. The number of rotatable bonds is 6. The molecule has 1 aliphatic carbocycles. The molecule has 5 rings (SSSR count). The second kappa shape index (κ2) is 8.88. The zero-order chi connectivity index (χ0) is 24.8. The Morgan fingerprint density at radius 3 is 2.43 bits per heavy atom. The summed E-state index contributed by atoms with van der Waals surface area (Å²) in [6.07, 6.45) is 6.14. The minimum Gasteiger partial charge on any atom is -0.378 e. The second-order valence-electron chi connectivity index (χ2n) is 9.72. The standard InChI is InChI=1S/C24H29N3O6S2/c1-34(29,30)25-18-8-9-22-21(13-18)24(10-3-2-4-11-24)16-27(22)23(28)17-6-5-7-20(12-17)35(31,32)26-19-14-33-15-19/h5-9,12-13,19,25-26H,2-4,10-11,14-16H2,1H3. The fraction of sp³-hybridized carbons (Fsp3) is 0.458. The molecule has 3 aliphatic rings. The first kappa shape index (κ1) is 24.2. The van der Waals surface area contributed by atoms with Crippen molar-refractivity contribution in [3.05, 3.63) is 53.6 Å². The molecule has 35 heavy (non-hydrogen) atoms. The molecule has 0 aromatic heterocycles. The average molecular weight is 520 g/mol. The van der Waals surface area contributed by atoms with Crippen LogP contribution >= 0.6 is 0 Å². The van der Waals surface area contributed by atoms with E-state index in [4.69, 9.17) is 4.74 Å². The van der Waals surface area contributed by atoms with Gasteiger partial charge >= 0.3 is 0 Å². The summed E-state index contributed by atoms with van der Waals surface area (Å²) in [5, 5.41) is 0. The molecular formula is C24H29N3O6S2.